The Bertz CT molecular complexity index is 988. The lowest BCUT2D eigenvalue weighted by molar-refractivity contribution is -0.384. The third-order valence-corrected chi connectivity index (χ3v) is 3.98. The van der Waals surface area contributed by atoms with Crippen molar-refractivity contribution in [1.82, 2.24) is 4.98 Å². The van der Waals surface area contributed by atoms with Gasteiger partial charge in [0, 0.05) is 37.6 Å². The van der Waals surface area contributed by atoms with E-state index in [0.29, 0.717) is 17.2 Å². The summed E-state index contributed by atoms with van der Waals surface area (Å²) in [4.78, 5) is 29.2. The molecule has 0 atom stereocenters. The molecule has 2 N–H and O–H groups in total. The number of nitrogens with zero attached hydrogens (tertiary/aromatic N) is 3. The van der Waals surface area contributed by atoms with Crippen molar-refractivity contribution in [3.8, 4) is 0 Å². The van der Waals surface area contributed by atoms with Crippen LogP contribution in [0.3, 0.4) is 0 Å². The number of rotatable bonds is 6. The predicted octanol–water partition coefficient (Wildman–Crippen LogP) is 4.05. The summed E-state index contributed by atoms with van der Waals surface area (Å²) < 4.78 is 0. The zero-order valence-corrected chi connectivity index (χ0v) is 15.4. The molecule has 0 radical (unpaired) electrons. The number of aromatic nitrogens is 1. The molecule has 0 bridgehead atoms. The maximum absolute atomic E-state index is 12.7. The zero-order chi connectivity index (χ0) is 20.1. The van der Waals surface area contributed by atoms with Crippen LogP contribution in [0.1, 0.15) is 10.4 Å². The quantitative estimate of drug-likeness (QED) is 0.496. The molecule has 1 heterocycles. The summed E-state index contributed by atoms with van der Waals surface area (Å²) in [6.45, 7) is 0. The van der Waals surface area contributed by atoms with Gasteiger partial charge < -0.3 is 15.5 Å². The lowest BCUT2D eigenvalue weighted by Gasteiger charge is -2.17. The Kier molecular flexibility index (Phi) is 5.50. The fraction of sp³-hybridized carbons (Fsp3) is 0.100. The summed E-state index contributed by atoms with van der Waals surface area (Å²) in [5.41, 5.74) is 2.04. The van der Waals surface area contributed by atoms with E-state index in [1.54, 1.807) is 37.2 Å². The van der Waals surface area contributed by atoms with Crippen molar-refractivity contribution in [3.63, 3.8) is 0 Å². The molecular formula is C20H19N5O3. The van der Waals surface area contributed by atoms with E-state index >= 15 is 0 Å². The molecule has 142 valence electrons. The summed E-state index contributed by atoms with van der Waals surface area (Å²) in [6.07, 6.45) is 1.52. The smallest absolute Gasteiger partial charge is 0.270 e. The number of non-ortho nitro benzene ring substituents is 1. The number of pyridine rings is 1. The van der Waals surface area contributed by atoms with Crippen molar-refractivity contribution in [3.05, 3.63) is 82.5 Å². The van der Waals surface area contributed by atoms with Crippen LogP contribution in [0.5, 0.6) is 0 Å². The zero-order valence-electron chi connectivity index (χ0n) is 15.4. The molecule has 0 saturated carbocycles. The van der Waals surface area contributed by atoms with E-state index in [-0.39, 0.29) is 11.3 Å². The number of hydrogen-bond donors (Lipinski definition) is 2. The second-order valence-electron chi connectivity index (χ2n) is 6.23. The third-order valence-electron chi connectivity index (χ3n) is 3.98. The van der Waals surface area contributed by atoms with E-state index < -0.39 is 10.8 Å². The number of nitrogens with one attached hydrogen (secondary N) is 2. The van der Waals surface area contributed by atoms with Gasteiger partial charge in [-0.25, -0.2) is 4.98 Å². The first-order chi connectivity index (χ1) is 13.4. The molecule has 0 saturated heterocycles. The highest BCUT2D eigenvalue weighted by Gasteiger charge is 2.18. The van der Waals surface area contributed by atoms with Crippen LogP contribution in [0.4, 0.5) is 28.6 Å². The highest BCUT2D eigenvalue weighted by atomic mass is 16.6. The van der Waals surface area contributed by atoms with Gasteiger partial charge in [0.05, 0.1) is 22.4 Å². The Morgan fingerprint density at radius 2 is 1.79 bits per heavy atom. The molecule has 8 nitrogen and oxygen atoms in total. The maximum Gasteiger partial charge on any atom is 0.270 e. The van der Waals surface area contributed by atoms with Gasteiger partial charge in [0.15, 0.2) is 0 Å². The van der Waals surface area contributed by atoms with E-state index in [2.05, 4.69) is 15.6 Å². The van der Waals surface area contributed by atoms with Crippen molar-refractivity contribution in [2.45, 2.75) is 0 Å². The van der Waals surface area contributed by atoms with Crippen molar-refractivity contribution < 1.29 is 9.72 Å². The van der Waals surface area contributed by atoms with Crippen molar-refractivity contribution in [2.75, 3.05) is 29.6 Å². The van der Waals surface area contributed by atoms with Crippen LogP contribution in [-0.4, -0.2) is 29.9 Å². The van der Waals surface area contributed by atoms with Crippen LogP contribution in [0.2, 0.25) is 0 Å². The normalized spacial score (nSPS) is 10.2. The summed E-state index contributed by atoms with van der Waals surface area (Å²) in [5.74, 6) is 0.187. The summed E-state index contributed by atoms with van der Waals surface area (Å²) in [7, 11) is 3.53. The number of anilines is 4. The molecule has 2 aromatic carbocycles. The molecule has 0 aliphatic heterocycles. The van der Waals surface area contributed by atoms with Gasteiger partial charge >= 0.3 is 0 Å². The van der Waals surface area contributed by atoms with E-state index in [4.69, 9.17) is 0 Å². The van der Waals surface area contributed by atoms with Gasteiger partial charge in [-0.3, -0.25) is 14.9 Å². The fourth-order valence-corrected chi connectivity index (χ4v) is 2.62. The molecule has 8 heteroatoms. The van der Waals surface area contributed by atoms with Gasteiger partial charge in [-0.05, 0) is 30.3 Å². The minimum absolute atomic E-state index is 0.142. The molecule has 0 unspecified atom stereocenters. The predicted molar refractivity (Wildman–Crippen MR) is 109 cm³/mol. The summed E-state index contributed by atoms with van der Waals surface area (Å²) >= 11 is 0. The highest BCUT2D eigenvalue weighted by molar-refractivity contribution is 6.08. The molecular weight excluding hydrogens is 358 g/mol. The maximum atomic E-state index is 12.7. The van der Waals surface area contributed by atoms with E-state index in [1.807, 2.05) is 30.3 Å². The summed E-state index contributed by atoms with van der Waals surface area (Å²) in [6, 6.07) is 17.2. The lowest BCUT2D eigenvalue weighted by atomic mass is 10.1. The van der Waals surface area contributed by atoms with Crippen LogP contribution < -0.4 is 15.5 Å². The Morgan fingerprint density at radius 1 is 1.04 bits per heavy atom. The van der Waals surface area contributed by atoms with Gasteiger partial charge in [0.25, 0.3) is 11.6 Å². The van der Waals surface area contributed by atoms with Crippen LogP contribution in [-0.2, 0) is 0 Å². The fourth-order valence-electron chi connectivity index (χ4n) is 2.62. The Hall–Kier alpha value is -3.94. The van der Waals surface area contributed by atoms with Crippen LogP contribution in [0.15, 0.2) is 66.9 Å². The largest absolute Gasteiger partial charge is 0.377 e. The molecule has 28 heavy (non-hydrogen) atoms. The molecule has 0 fully saturated rings. The van der Waals surface area contributed by atoms with Gasteiger partial charge in [-0.2, -0.15) is 0 Å². The van der Waals surface area contributed by atoms with Crippen LogP contribution in [0.25, 0.3) is 0 Å². The van der Waals surface area contributed by atoms with Gasteiger partial charge in [-0.15, -0.1) is 0 Å². The van der Waals surface area contributed by atoms with Crippen molar-refractivity contribution in [1.29, 1.82) is 0 Å². The average Bonchev–Trinajstić information content (AvgIpc) is 2.69. The molecule has 3 aromatic rings. The van der Waals surface area contributed by atoms with Gasteiger partial charge in [0.2, 0.25) is 0 Å². The number of nitro benzene ring substituents is 1. The monoisotopic (exact) mass is 377 g/mol. The minimum Gasteiger partial charge on any atom is -0.377 e. The first-order valence-electron chi connectivity index (χ1n) is 8.49. The second kappa shape index (κ2) is 8.17. The first-order valence-corrected chi connectivity index (χ1v) is 8.49. The minimum atomic E-state index is -0.526. The molecule has 1 amide bonds. The van der Waals surface area contributed by atoms with E-state index in [9.17, 15) is 14.9 Å². The van der Waals surface area contributed by atoms with Gasteiger partial charge in [0.1, 0.15) is 5.82 Å². The standard InChI is InChI=1S/C20H19N5O3/c1-24(2)18-10-9-16(25(27)28)12-17(18)20(26)23-15-8-11-19(21-13-15)22-14-6-4-3-5-7-14/h3-13H,1-2H3,(H,21,22)(H,23,26). The Morgan fingerprint density at radius 3 is 2.39 bits per heavy atom. The molecule has 1 aromatic heterocycles. The number of para-hydroxylation sites is 1. The SMILES string of the molecule is CN(C)c1ccc([N+](=O)[O-])cc1C(=O)Nc1ccc(Nc2ccccc2)nc1. The lowest BCUT2D eigenvalue weighted by Crippen LogP contribution is -2.19. The highest BCUT2D eigenvalue weighted by Crippen LogP contribution is 2.25. The average molecular weight is 377 g/mol. The molecule has 0 aliphatic rings. The second-order valence-corrected chi connectivity index (χ2v) is 6.23. The van der Waals surface area contributed by atoms with E-state index in [1.165, 1.54) is 18.3 Å². The number of benzene rings is 2. The number of hydrogen-bond acceptors (Lipinski definition) is 6. The Balaban J connectivity index is 1.77. The third kappa shape index (κ3) is 4.42. The number of amides is 1. The molecule has 0 aliphatic carbocycles. The molecule has 3 rings (SSSR count). The Labute approximate surface area is 162 Å². The van der Waals surface area contributed by atoms with Crippen molar-refractivity contribution in [2.24, 2.45) is 0 Å². The number of carbonyl (C=O) groups excluding carboxylic acids is 1. The summed E-state index contributed by atoms with van der Waals surface area (Å²) in [5, 5.41) is 16.9. The number of nitro groups is 1. The first kappa shape index (κ1) is 18.8. The topological polar surface area (TPSA) is 100 Å². The van der Waals surface area contributed by atoms with Gasteiger partial charge in [-0.1, -0.05) is 18.2 Å². The molecule has 0 spiro atoms. The van der Waals surface area contributed by atoms with Crippen molar-refractivity contribution >= 4 is 34.5 Å². The number of carbonyl (C=O) groups is 1. The van der Waals surface area contributed by atoms with Crippen LogP contribution >= 0.6 is 0 Å². The van der Waals surface area contributed by atoms with E-state index in [0.717, 1.165) is 5.69 Å². The van der Waals surface area contributed by atoms with Crippen LogP contribution in [0, 0.1) is 10.1 Å².